The first-order valence-corrected chi connectivity index (χ1v) is 9.76. The number of halogens is 2. The standard InChI is InChI=1S/C9H6Cl2N2O6.3C2H8N4.Co/c1-4-2-5(12(15)16)3-6(13(17)18)7(4)19-9(14)8(10)11;3*3-1(4)2(5)6;/h2-3,8H,1H3;3*3-6H2;/q;;;;+3. The van der Waals surface area contributed by atoms with Crippen LogP contribution in [0.3, 0.4) is 0 Å². The van der Waals surface area contributed by atoms with Crippen molar-refractivity contribution in [1.82, 2.24) is 0 Å². The molecule has 216 valence electrons. The number of nitrogens with zero attached hydrogens (tertiary/aromatic N) is 2. The van der Waals surface area contributed by atoms with Crippen LogP contribution in [0.2, 0.25) is 0 Å². The number of nitrogens with two attached hydrogens (primary N) is 12. The van der Waals surface area contributed by atoms with Gasteiger partial charge >= 0.3 is 28.4 Å². The molecule has 0 saturated carbocycles. The van der Waals surface area contributed by atoms with Crippen molar-refractivity contribution in [3.05, 3.63) is 72.9 Å². The van der Waals surface area contributed by atoms with Crippen LogP contribution in [0.1, 0.15) is 5.56 Å². The third-order valence-corrected chi connectivity index (χ3v) is 3.38. The van der Waals surface area contributed by atoms with E-state index in [4.69, 9.17) is 92.0 Å². The van der Waals surface area contributed by atoms with Crippen LogP contribution in [0.25, 0.3) is 0 Å². The van der Waals surface area contributed by atoms with E-state index in [1.165, 1.54) is 6.92 Å². The summed E-state index contributed by atoms with van der Waals surface area (Å²) in [6.07, 6.45) is 0. The summed E-state index contributed by atoms with van der Waals surface area (Å²) in [5.41, 5.74) is 57.0. The summed E-state index contributed by atoms with van der Waals surface area (Å²) in [6, 6.07) is 1.72. The molecular weight excluding hydrogens is 602 g/mol. The minimum atomic E-state index is -1.52. The van der Waals surface area contributed by atoms with E-state index >= 15 is 0 Å². The van der Waals surface area contributed by atoms with Gasteiger partial charge in [0.1, 0.15) is 34.9 Å². The smallest absolute Gasteiger partial charge is 0.417 e. The number of ether oxygens (including phenoxy) is 1. The normalized spacial score (nSPS) is 8.63. The number of benzene rings is 1. The monoisotopic (exact) mass is 631 g/mol. The molecule has 1 aromatic rings. The molecule has 0 amide bonds. The zero-order valence-electron chi connectivity index (χ0n) is 19.6. The van der Waals surface area contributed by atoms with Crippen molar-refractivity contribution in [3.63, 3.8) is 0 Å². The molecule has 0 atom stereocenters. The van der Waals surface area contributed by atoms with Crippen LogP contribution in [-0.2, 0) is 21.6 Å². The maximum atomic E-state index is 11.2. The van der Waals surface area contributed by atoms with Gasteiger partial charge in [0, 0.05) is 11.6 Å². The zero-order valence-corrected chi connectivity index (χ0v) is 22.1. The van der Waals surface area contributed by atoms with Crippen LogP contribution in [0.4, 0.5) is 11.4 Å². The van der Waals surface area contributed by atoms with Crippen molar-refractivity contribution in [3.8, 4) is 5.75 Å². The van der Waals surface area contributed by atoms with Crippen molar-refractivity contribution in [2.45, 2.75) is 11.8 Å². The van der Waals surface area contributed by atoms with Crippen molar-refractivity contribution in [2.75, 3.05) is 0 Å². The van der Waals surface area contributed by atoms with Crippen LogP contribution in [0, 0.1) is 27.2 Å². The largest absolute Gasteiger partial charge is 3.00 e. The summed E-state index contributed by atoms with van der Waals surface area (Å²) >= 11 is 10.5. The van der Waals surface area contributed by atoms with Gasteiger partial charge in [-0.15, -0.1) is 0 Å². The van der Waals surface area contributed by atoms with E-state index in [0.29, 0.717) is 6.07 Å². The van der Waals surface area contributed by atoms with Gasteiger partial charge in [-0.05, 0) is 6.92 Å². The number of carbonyl (C=O) groups is 1. The quantitative estimate of drug-likeness (QED) is 0.0500. The molecule has 1 rings (SSSR count). The second kappa shape index (κ2) is 19.6. The minimum Gasteiger partial charge on any atom is -0.417 e. The summed E-state index contributed by atoms with van der Waals surface area (Å²) in [5.74, 6) is -1.64. The van der Waals surface area contributed by atoms with Crippen LogP contribution in [0.5, 0.6) is 5.75 Å². The first-order valence-electron chi connectivity index (χ1n) is 8.88. The molecule has 20 nitrogen and oxygen atoms in total. The number of aryl methyl sites for hydroxylation is 1. The number of nitro benzene ring substituents is 2. The van der Waals surface area contributed by atoms with Gasteiger partial charge < -0.3 is 73.5 Å². The van der Waals surface area contributed by atoms with Gasteiger partial charge in [0.25, 0.3) is 5.69 Å². The average molecular weight is 632 g/mol. The second-order valence-corrected chi connectivity index (χ2v) is 7.18. The third kappa shape index (κ3) is 18.7. The summed E-state index contributed by atoms with van der Waals surface area (Å²) in [5, 5.41) is 21.4. The van der Waals surface area contributed by atoms with Gasteiger partial charge in [-0.2, -0.15) is 0 Å². The second-order valence-electron chi connectivity index (χ2n) is 6.08. The Bertz CT molecular complexity index is 960. The Balaban J connectivity index is -0.000000250. The van der Waals surface area contributed by atoms with E-state index < -0.39 is 37.8 Å². The molecule has 0 aromatic heterocycles. The summed E-state index contributed by atoms with van der Waals surface area (Å²) in [4.78, 5) is 29.4. The predicted octanol–water partition coefficient (Wildman–Crippen LogP) is -3.64. The molecule has 0 spiro atoms. The summed E-state index contributed by atoms with van der Waals surface area (Å²) < 4.78 is 4.67. The molecule has 0 aliphatic rings. The molecule has 24 N–H and O–H groups in total. The van der Waals surface area contributed by atoms with E-state index in [1.54, 1.807) is 0 Å². The molecule has 0 saturated heterocycles. The Morgan fingerprint density at radius 1 is 0.737 bits per heavy atom. The molecule has 0 fully saturated rings. The van der Waals surface area contributed by atoms with Gasteiger partial charge in [0.15, 0.2) is 0 Å². The maximum absolute atomic E-state index is 11.2. The number of esters is 1. The van der Waals surface area contributed by atoms with Crippen LogP contribution >= 0.6 is 23.2 Å². The minimum absolute atomic E-state index is 0. The molecule has 23 heteroatoms. The third-order valence-electron chi connectivity index (χ3n) is 3.03. The van der Waals surface area contributed by atoms with Crippen molar-refractivity contribution in [1.29, 1.82) is 0 Å². The molecular formula is C15H30Cl2CoN14O6+3. The SMILES string of the molecule is Cc1cc([N+](=O)[O-])cc([N+](=O)[O-])c1OC(=O)C(Cl)Cl.NC(N)=C(N)N.NC(N)=C(N)N.NC(N)=C(N)N.[Co+3]. The van der Waals surface area contributed by atoms with Crippen LogP contribution in [0.15, 0.2) is 47.1 Å². The number of hydrogen-bond acceptors (Lipinski definition) is 18. The molecule has 0 radical (unpaired) electrons. The van der Waals surface area contributed by atoms with E-state index in [0.717, 1.165) is 6.07 Å². The Labute approximate surface area is 235 Å². The van der Waals surface area contributed by atoms with Gasteiger partial charge in [-0.25, -0.2) is 4.79 Å². The molecule has 0 heterocycles. The van der Waals surface area contributed by atoms with E-state index in [-0.39, 0.29) is 57.3 Å². The van der Waals surface area contributed by atoms with Crippen molar-refractivity contribution >= 4 is 40.5 Å². The summed E-state index contributed by atoms with van der Waals surface area (Å²) in [7, 11) is 0. The van der Waals surface area contributed by atoms with Crippen molar-refractivity contribution in [2.24, 2.45) is 68.8 Å². The fraction of sp³-hybridized carbons (Fsp3) is 0.133. The molecule has 0 bridgehead atoms. The molecule has 0 aliphatic carbocycles. The van der Waals surface area contributed by atoms with Gasteiger partial charge in [-0.3, -0.25) is 20.2 Å². The molecule has 0 unspecified atom stereocenters. The van der Waals surface area contributed by atoms with E-state index in [2.05, 4.69) is 4.74 Å². The van der Waals surface area contributed by atoms with E-state index in [9.17, 15) is 25.0 Å². The van der Waals surface area contributed by atoms with Crippen LogP contribution < -0.4 is 73.5 Å². The number of alkyl halides is 2. The van der Waals surface area contributed by atoms with Gasteiger partial charge in [0.2, 0.25) is 10.6 Å². The number of rotatable bonds is 4. The van der Waals surface area contributed by atoms with Crippen LogP contribution in [-0.4, -0.2) is 20.7 Å². The Kier molecular flexibility index (Phi) is 20.9. The first kappa shape index (κ1) is 40.6. The number of hydrogen-bond donors (Lipinski definition) is 12. The maximum Gasteiger partial charge on any atom is 3.00 e. The zero-order chi connectivity index (χ0) is 30.2. The number of non-ortho nitro benzene ring substituents is 1. The Morgan fingerprint density at radius 3 is 1.26 bits per heavy atom. The van der Waals surface area contributed by atoms with E-state index in [1.807, 2.05) is 0 Å². The average Bonchev–Trinajstić information content (AvgIpc) is 2.75. The fourth-order valence-corrected chi connectivity index (χ4v) is 1.34. The topological polar surface area (TPSA) is 425 Å². The van der Waals surface area contributed by atoms with Crippen molar-refractivity contribution < 1.29 is 36.2 Å². The fourth-order valence-electron chi connectivity index (χ4n) is 1.26. The van der Waals surface area contributed by atoms with Gasteiger partial charge in [-0.1, -0.05) is 23.2 Å². The number of carbonyl (C=O) groups excluding carboxylic acids is 1. The Morgan fingerprint density at radius 2 is 1.05 bits per heavy atom. The number of nitro groups is 2. The Hall–Kier alpha value is -4.60. The molecule has 0 aliphatic heterocycles. The van der Waals surface area contributed by atoms with Gasteiger partial charge in [0.05, 0.1) is 15.9 Å². The molecule has 1 aromatic carbocycles. The predicted molar refractivity (Wildman–Crippen MR) is 137 cm³/mol. The molecule has 38 heavy (non-hydrogen) atoms. The summed E-state index contributed by atoms with van der Waals surface area (Å²) in [6.45, 7) is 1.32. The first-order chi connectivity index (χ1) is 16.7.